The molecular weight excluding hydrogens is 290 g/mol. The molecule has 0 saturated heterocycles. The average Bonchev–Trinajstić information content (AvgIpc) is 2.92. The monoisotopic (exact) mass is 321 g/mol. The second-order valence-electron chi connectivity index (χ2n) is 7.97. The molecule has 2 aliphatic rings. The largest absolute Gasteiger partial charge is 0.444 e. The molecule has 4 unspecified atom stereocenters. The molecule has 1 amide bonds. The Kier molecular flexibility index (Phi) is 6.29. The average molecular weight is 321 g/mol. The molecule has 0 aromatic carbocycles. The number of ether oxygens (including phenoxy) is 1. The van der Waals surface area contributed by atoms with Crippen molar-refractivity contribution in [2.75, 3.05) is 6.54 Å². The molecule has 5 heteroatoms. The summed E-state index contributed by atoms with van der Waals surface area (Å²) in [6.07, 6.45) is 7.62. The molecule has 0 heterocycles. The lowest BCUT2D eigenvalue weighted by molar-refractivity contribution is 0.0509. The van der Waals surface area contributed by atoms with E-state index in [-0.39, 0.29) is 12.0 Å². The minimum Gasteiger partial charge on any atom is -0.444 e. The van der Waals surface area contributed by atoms with Gasteiger partial charge < -0.3 is 15.4 Å². The number of hydrogen-bond donors (Lipinski definition) is 2. The number of rotatable bonds is 4. The lowest BCUT2D eigenvalue weighted by Crippen LogP contribution is -2.49. The highest BCUT2D eigenvalue weighted by atomic mass is 16.6. The molecule has 2 rings (SSSR count). The summed E-state index contributed by atoms with van der Waals surface area (Å²) in [6, 6.07) is 3.17. The number of carbonyl (C=O) groups is 1. The Morgan fingerprint density at radius 1 is 1.13 bits per heavy atom. The van der Waals surface area contributed by atoms with E-state index in [2.05, 4.69) is 16.7 Å². The van der Waals surface area contributed by atoms with Crippen molar-refractivity contribution in [3.05, 3.63) is 0 Å². The quantitative estimate of drug-likeness (QED) is 0.832. The Labute approximate surface area is 140 Å². The van der Waals surface area contributed by atoms with Gasteiger partial charge in [0.1, 0.15) is 5.60 Å². The van der Waals surface area contributed by atoms with Crippen LogP contribution in [0.2, 0.25) is 0 Å². The third-order valence-corrected chi connectivity index (χ3v) is 4.93. The summed E-state index contributed by atoms with van der Waals surface area (Å²) in [6.45, 7) is 6.27. The van der Waals surface area contributed by atoms with Crippen LogP contribution in [-0.2, 0) is 4.74 Å². The first-order chi connectivity index (χ1) is 10.9. The fourth-order valence-electron chi connectivity index (χ4n) is 3.79. The number of amides is 1. The highest BCUT2D eigenvalue weighted by Gasteiger charge is 2.33. The summed E-state index contributed by atoms with van der Waals surface area (Å²) in [5, 5.41) is 15.9. The van der Waals surface area contributed by atoms with E-state index in [1.165, 1.54) is 12.8 Å². The number of alkyl carbamates (subject to hydrolysis) is 1. The normalized spacial score (nSPS) is 31.4. The van der Waals surface area contributed by atoms with Gasteiger partial charge in [-0.1, -0.05) is 19.3 Å². The molecule has 0 aromatic rings. The molecular formula is C18H31N3O2. The predicted octanol–water partition coefficient (Wildman–Crippen LogP) is 3.35. The summed E-state index contributed by atoms with van der Waals surface area (Å²) in [7, 11) is 0. The number of carbonyl (C=O) groups excluding carboxylic acids is 1. The summed E-state index contributed by atoms with van der Waals surface area (Å²) in [5.41, 5.74) is -0.460. The lowest BCUT2D eigenvalue weighted by Gasteiger charge is -2.35. The van der Waals surface area contributed by atoms with Crippen LogP contribution in [0.1, 0.15) is 65.7 Å². The van der Waals surface area contributed by atoms with Crippen LogP contribution in [0.5, 0.6) is 0 Å². The second kappa shape index (κ2) is 8.01. The van der Waals surface area contributed by atoms with Crippen molar-refractivity contribution in [2.45, 2.75) is 83.4 Å². The first kappa shape index (κ1) is 18.1. The van der Waals surface area contributed by atoms with Crippen LogP contribution >= 0.6 is 0 Å². The van der Waals surface area contributed by atoms with Gasteiger partial charge in [-0.3, -0.25) is 0 Å². The van der Waals surface area contributed by atoms with E-state index in [9.17, 15) is 10.1 Å². The molecule has 5 nitrogen and oxygen atoms in total. The molecule has 2 fully saturated rings. The van der Waals surface area contributed by atoms with Crippen molar-refractivity contribution in [1.29, 1.82) is 5.26 Å². The number of nitriles is 1. The van der Waals surface area contributed by atoms with Crippen molar-refractivity contribution in [2.24, 2.45) is 11.8 Å². The third kappa shape index (κ3) is 5.69. The van der Waals surface area contributed by atoms with Gasteiger partial charge in [-0.05, 0) is 52.4 Å². The van der Waals surface area contributed by atoms with Gasteiger partial charge in [0.2, 0.25) is 0 Å². The predicted molar refractivity (Wildman–Crippen MR) is 89.9 cm³/mol. The lowest BCUT2D eigenvalue weighted by atomic mass is 9.83. The summed E-state index contributed by atoms with van der Waals surface area (Å²) in [4.78, 5) is 11.9. The van der Waals surface area contributed by atoms with Crippen LogP contribution in [0.25, 0.3) is 0 Å². The van der Waals surface area contributed by atoms with Crippen molar-refractivity contribution >= 4 is 6.09 Å². The second-order valence-corrected chi connectivity index (χ2v) is 7.97. The van der Waals surface area contributed by atoms with E-state index in [0.29, 0.717) is 24.5 Å². The van der Waals surface area contributed by atoms with Gasteiger partial charge in [-0.2, -0.15) is 5.26 Å². The molecule has 2 saturated carbocycles. The zero-order valence-corrected chi connectivity index (χ0v) is 14.7. The highest BCUT2D eigenvalue weighted by Crippen LogP contribution is 2.29. The molecule has 0 bridgehead atoms. The molecule has 0 radical (unpaired) electrons. The molecule has 130 valence electrons. The van der Waals surface area contributed by atoms with Crippen LogP contribution in [0.3, 0.4) is 0 Å². The van der Waals surface area contributed by atoms with Gasteiger partial charge >= 0.3 is 6.09 Å². The van der Waals surface area contributed by atoms with Crippen LogP contribution in [0.4, 0.5) is 4.79 Å². The van der Waals surface area contributed by atoms with Gasteiger partial charge in [0.15, 0.2) is 0 Å². The summed E-state index contributed by atoms with van der Waals surface area (Å²) < 4.78 is 5.32. The maximum atomic E-state index is 11.9. The molecule has 0 aliphatic heterocycles. The maximum Gasteiger partial charge on any atom is 0.407 e. The highest BCUT2D eigenvalue weighted by molar-refractivity contribution is 5.67. The van der Waals surface area contributed by atoms with Crippen molar-refractivity contribution in [3.8, 4) is 6.07 Å². The Balaban J connectivity index is 1.84. The van der Waals surface area contributed by atoms with Crippen LogP contribution < -0.4 is 10.6 Å². The van der Waals surface area contributed by atoms with Gasteiger partial charge in [0.25, 0.3) is 0 Å². The number of nitrogens with one attached hydrogen (secondary N) is 2. The topological polar surface area (TPSA) is 74.2 Å². The van der Waals surface area contributed by atoms with E-state index in [1.807, 2.05) is 20.8 Å². The molecule has 0 aromatic heterocycles. The summed E-state index contributed by atoms with van der Waals surface area (Å²) in [5.74, 6) is 0.576. The Bertz CT molecular complexity index is 439. The van der Waals surface area contributed by atoms with Crippen molar-refractivity contribution in [1.82, 2.24) is 10.6 Å². The van der Waals surface area contributed by atoms with Crippen molar-refractivity contribution in [3.63, 3.8) is 0 Å². The Morgan fingerprint density at radius 2 is 1.83 bits per heavy atom. The Morgan fingerprint density at radius 3 is 2.52 bits per heavy atom. The minimum atomic E-state index is -0.460. The molecule has 2 aliphatic carbocycles. The smallest absolute Gasteiger partial charge is 0.407 e. The van der Waals surface area contributed by atoms with Gasteiger partial charge in [-0.15, -0.1) is 0 Å². The van der Waals surface area contributed by atoms with E-state index in [4.69, 9.17) is 4.74 Å². The SMILES string of the molecule is CC(C)(C)OC(=O)NCC1CCCCC1NC1CCCC1C#N. The zero-order valence-electron chi connectivity index (χ0n) is 14.7. The fourth-order valence-corrected chi connectivity index (χ4v) is 3.79. The van der Waals surface area contributed by atoms with E-state index in [1.54, 1.807) is 0 Å². The van der Waals surface area contributed by atoms with E-state index in [0.717, 1.165) is 32.1 Å². The molecule has 0 spiro atoms. The number of hydrogen-bond acceptors (Lipinski definition) is 4. The van der Waals surface area contributed by atoms with Crippen LogP contribution in [0.15, 0.2) is 0 Å². The third-order valence-electron chi connectivity index (χ3n) is 4.93. The van der Waals surface area contributed by atoms with Crippen molar-refractivity contribution < 1.29 is 9.53 Å². The standard InChI is InChI=1S/C18H31N3O2/c1-18(2,3)23-17(22)20-12-14-7-4-5-9-16(14)21-15-10-6-8-13(15)11-19/h13-16,21H,4-10,12H2,1-3H3,(H,20,22). The number of nitrogens with zero attached hydrogens (tertiary/aromatic N) is 1. The molecule has 23 heavy (non-hydrogen) atoms. The van der Waals surface area contributed by atoms with Gasteiger partial charge in [0, 0.05) is 18.6 Å². The van der Waals surface area contributed by atoms with Crippen LogP contribution in [0, 0.1) is 23.2 Å². The minimum absolute atomic E-state index is 0.149. The summed E-state index contributed by atoms with van der Waals surface area (Å²) >= 11 is 0. The van der Waals surface area contributed by atoms with Crippen LogP contribution in [-0.4, -0.2) is 30.3 Å². The zero-order chi connectivity index (χ0) is 16.9. The first-order valence-corrected chi connectivity index (χ1v) is 9.01. The Hall–Kier alpha value is -1.28. The maximum absolute atomic E-state index is 11.9. The molecule has 4 atom stereocenters. The van der Waals surface area contributed by atoms with E-state index < -0.39 is 5.60 Å². The van der Waals surface area contributed by atoms with Gasteiger partial charge in [-0.25, -0.2) is 4.79 Å². The van der Waals surface area contributed by atoms with E-state index >= 15 is 0 Å². The first-order valence-electron chi connectivity index (χ1n) is 9.01. The fraction of sp³-hybridized carbons (Fsp3) is 0.889. The van der Waals surface area contributed by atoms with Gasteiger partial charge in [0.05, 0.1) is 12.0 Å². The molecule has 2 N–H and O–H groups in total.